The van der Waals surface area contributed by atoms with Crippen molar-refractivity contribution in [3.05, 3.63) is 37.6 Å². The van der Waals surface area contributed by atoms with E-state index in [1.165, 1.54) is 83.1 Å². The summed E-state index contributed by atoms with van der Waals surface area (Å²) in [5.74, 6) is 6.67. The number of carbonyl (C=O) groups is 7. The predicted molar refractivity (Wildman–Crippen MR) is 460 cm³/mol. The molecule has 9 unspecified atom stereocenters. The highest BCUT2D eigenvalue weighted by atomic mass is 28.5. The lowest BCUT2D eigenvalue weighted by Gasteiger charge is -2.38. The average molecular weight is 1720 g/mol. The van der Waals surface area contributed by atoms with Crippen molar-refractivity contribution in [3.63, 3.8) is 0 Å². The van der Waals surface area contributed by atoms with Crippen LogP contribution in [0.5, 0.6) is 0 Å². The number of ether oxygens (including phenoxy) is 11. The van der Waals surface area contributed by atoms with Crippen LogP contribution in [0.1, 0.15) is 136 Å². The standard InChI is InChI=1S/C37H82N2O10Si6.C15H23NO3.C14H28N2O5.C14H21NO4/c1-16-38-35(40)44-30-37(31-45-36(41)39-27-34-26-32-19-20-33(34)25-32,28-42-21-17-23-54(14,46-50(2,3)4)47-51(5,6)7)29-43-22-18-24-55(15,48-52(8,9)10)49-53(11,12)13;1-3-11(2)18-6-7-19-15(17)16-10-14-9-12-4-5-13(14)8-12;1-3-15-13(17)20-11-7-5-9-19-10-6-8-12-21-14(18)16-4-2;1-2-13(16)18-5-6-19-14(17)15-9-12-8-10-3-4-11(12)7-10/h32-34H,16-31H2,1-15H3,(H,38,40)(H,39,41);3,12-14H,1-2,4-10H2,(H,16,17);3-12H2,1-2H3,(H,15,17)(H,16,18);2,10-12H,1,3-9H2,(H,15,17). The molecule has 6 N–H and O–H groups in total. The molecule has 660 valence electrons. The Morgan fingerprint density at radius 2 is 0.640 bits per heavy atom. The van der Waals surface area contributed by atoms with Crippen LogP contribution in [0.2, 0.25) is 104 Å². The van der Waals surface area contributed by atoms with Gasteiger partial charge in [-0.3, -0.25) is 0 Å². The maximum Gasteiger partial charge on any atom is 0.407 e. The number of hydrogen-bond acceptors (Lipinski definition) is 22. The van der Waals surface area contributed by atoms with E-state index in [0.29, 0.717) is 108 Å². The second-order valence-electron chi connectivity index (χ2n) is 35.6. The van der Waals surface area contributed by atoms with E-state index in [-0.39, 0.29) is 64.5 Å². The van der Waals surface area contributed by atoms with Crippen molar-refractivity contribution in [3.8, 4) is 0 Å². The van der Waals surface area contributed by atoms with Crippen molar-refractivity contribution in [1.29, 1.82) is 0 Å². The molecule has 0 radical (unpaired) electrons. The first-order valence-corrected chi connectivity index (χ1v) is 61.1. The van der Waals surface area contributed by atoms with Crippen LogP contribution in [0.4, 0.5) is 28.8 Å². The first kappa shape index (κ1) is 103. The monoisotopic (exact) mass is 1720 g/mol. The Kier molecular flexibility index (Phi) is 49.2. The Labute approximate surface area is 691 Å². The fourth-order valence-electron chi connectivity index (χ4n) is 16.1. The minimum atomic E-state index is -2.44. The number of carbonyl (C=O) groups excluding carboxylic acids is 7. The van der Waals surface area contributed by atoms with Crippen LogP contribution in [-0.2, 0) is 73.4 Å². The molecule has 6 rings (SSSR count). The molecule has 6 amide bonds. The van der Waals surface area contributed by atoms with E-state index >= 15 is 0 Å². The summed E-state index contributed by atoms with van der Waals surface area (Å²) >= 11 is 0. The molecule has 0 heterocycles. The Bertz CT molecular complexity index is 2650. The van der Waals surface area contributed by atoms with Gasteiger partial charge in [-0.05, 0) is 280 Å². The number of alkyl carbamates (subject to hydrolysis) is 6. The van der Waals surface area contributed by atoms with Crippen LogP contribution in [-0.4, -0.2) is 225 Å². The third kappa shape index (κ3) is 48.3. The van der Waals surface area contributed by atoms with Gasteiger partial charge in [-0.25, -0.2) is 33.6 Å². The van der Waals surface area contributed by atoms with E-state index < -0.39 is 80.1 Å². The molecular weight excluding hydrogens is 1570 g/mol. The van der Waals surface area contributed by atoms with Gasteiger partial charge in [0.25, 0.3) is 0 Å². The van der Waals surface area contributed by atoms with Crippen molar-refractivity contribution in [1.82, 2.24) is 31.9 Å². The zero-order valence-corrected chi connectivity index (χ0v) is 79.2. The third-order valence-electron chi connectivity index (χ3n) is 20.3. The Hall–Kier alpha value is -4.87. The first-order chi connectivity index (χ1) is 53.7. The number of nitrogens with one attached hydrogen (secondary N) is 6. The fraction of sp³-hybridized carbons (Fsp3) is 0.838. The zero-order chi connectivity index (χ0) is 84.9. The molecule has 9 atom stereocenters. The lowest BCUT2D eigenvalue weighted by Crippen LogP contribution is -2.52. The molecule has 0 spiro atoms. The van der Waals surface area contributed by atoms with Gasteiger partial charge in [0.2, 0.25) is 0 Å². The van der Waals surface area contributed by atoms with Gasteiger partial charge in [-0.2, -0.15) is 0 Å². The Morgan fingerprint density at radius 1 is 0.342 bits per heavy atom. The molecular formula is C80H154N6O22Si6. The maximum atomic E-state index is 13.2. The van der Waals surface area contributed by atoms with Crippen LogP contribution < -0.4 is 31.9 Å². The zero-order valence-electron chi connectivity index (χ0n) is 73.2. The maximum absolute atomic E-state index is 13.2. The summed E-state index contributed by atoms with van der Waals surface area (Å²) in [6.07, 6.45) is 20.5. The van der Waals surface area contributed by atoms with Crippen LogP contribution in [0, 0.1) is 58.7 Å². The fourth-order valence-corrected chi connectivity index (χ4v) is 41.1. The lowest BCUT2D eigenvalue weighted by molar-refractivity contribution is -0.138. The van der Waals surface area contributed by atoms with Crippen molar-refractivity contribution in [2.75, 3.05) is 132 Å². The largest absolute Gasteiger partial charge is 0.491 e. The normalized spacial score (nSPS) is 20.7. The Balaban J connectivity index is 0.000000460. The van der Waals surface area contributed by atoms with Gasteiger partial charge in [0.15, 0.2) is 33.3 Å². The van der Waals surface area contributed by atoms with E-state index in [0.717, 1.165) is 92.8 Å². The molecule has 0 aromatic rings. The van der Waals surface area contributed by atoms with Gasteiger partial charge < -0.3 is 100 Å². The van der Waals surface area contributed by atoms with Crippen molar-refractivity contribution < 1.29 is 102 Å². The third-order valence-corrected chi connectivity index (χ3v) is 39.5. The lowest BCUT2D eigenvalue weighted by atomic mass is 9.89. The average Bonchev–Trinajstić information content (AvgIpc) is 1.61. The molecule has 6 bridgehead atoms. The minimum absolute atomic E-state index is 0.0250. The molecule has 34 heteroatoms. The molecule has 28 nitrogen and oxygen atoms in total. The van der Waals surface area contributed by atoms with E-state index in [1.807, 2.05) is 20.8 Å². The first-order valence-electron chi connectivity index (χ1n) is 42.4. The van der Waals surface area contributed by atoms with Crippen LogP contribution in [0.25, 0.3) is 0 Å². The molecule has 0 saturated heterocycles. The van der Waals surface area contributed by atoms with E-state index in [9.17, 15) is 33.6 Å². The molecule has 6 aliphatic rings. The number of fused-ring (bicyclic) bond motifs is 6. The molecule has 6 saturated carbocycles. The quantitative estimate of drug-likeness (QED) is 0.00627. The van der Waals surface area contributed by atoms with Gasteiger partial charge >= 0.3 is 59.7 Å². The summed E-state index contributed by atoms with van der Waals surface area (Å²) in [6, 6.07) is 1.62. The highest BCUT2D eigenvalue weighted by Crippen LogP contribution is 2.50. The SMILES string of the molecule is C=CC(=C)OCCOC(=O)NCC1CC2CCC1C2.C=CC(=O)OCCOC(=O)NCC1CC2CCC1C2.CCNC(=O)OCC(COCCC[Si](C)(O[Si](C)(C)C)O[Si](C)(C)C)(COCCC[Si](C)(O[Si](C)(C)C)O[Si](C)(C)C)COC(=O)NCC1CC2CCC1C2.CCNC(=O)OCCCCOCCCCOC(=O)NCC. The number of esters is 1. The van der Waals surface area contributed by atoms with Gasteiger partial charge in [0, 0.05) is 71.8 Å². The van der Waals surface area contributed by atoms with Crippen LogP contribution >= 0.6 is 0 Å². The highest BCUT2D eigenvalue weighted by molar-refractivity contribution is 6.88. The summed E-state index contributed by atoms with van der Waals surface area (Å²) in [5.41, 5.74) is -0.927. The number of amides is 6. The molecule has 6 aliphatic carbocycles. The van der Waals surface area contributed by atoms with Gasteiger partial charge in [-0.15, -0.1) is 0 Å². The van der Waals surface area contributed by atoms with Gasteiger partial charge in [0.1, 0.15) is 45.4 Å². The number of rotatable bonds is 52. The Morgan fingerprint density at radius 3 is 0.947 bits per heavy atom. The number of hydrogen-bond donors (Lipinski definition) is 6. The molecule has 0 aromatic heterocycles. The van der Waals surface area contributed by atoms with Gasteiger partial charge in [0.05, 0.1) is 31.8 Å². The van der Waals surface area contributed by atoms with E-state index in [4.69, 9.17) is 68.6 Å². The summed E-state index contributed by atoms with van der Waals surface area (Å²) in [7, 11) is -12.2. The number of allylic oxidation sites excluding steroid dienone is 1. The van der Waals surface area contributed by atoms with E-state index in [2.05, 4.69) is 143 Å². The smallest absolute Gasteiger partial charge is 0.407 e. The summed E-state index contributed by atoms with van der Waals surface area (Å²) in [5, 5.41) is 16.5. The topological polar surface area (TPSA) is 330 Å². The van der Waals surface area contributed by atoms with Crippen LogP contribution in [0.3, 0.4) is 0 Å². The second-order valence-corrected chi connectivity index (χ2v) is 61.3. The van der Waals surface area contributed by atoms with E-state index in [1.54, 1.807) is 0 Å². The molecule has 0 aliphatic heterocycles. The van der Waals surface area contributed by atoms with Crippen molar-refractivity contribution in [2.45, 2.75) is 240 Å². The summed E-state index contributed by atoms with van der Waals surface area (Å²) < 4.78 is 86.3. The van der Waals surface area contributed by atoms with Crippen molar-refractivity contribution in [2.24, 2.45) is 58.7 Å². The van der Waals surface area contributed by atoms with Gasteiger partial charge in [-0.1, -0.05) is 39.0 Å². The highest BCUT2D eigenvalue weighted by Gasteiger charge is 2.45. The summed E-state index contributed by atoms with van der Waals surface area (Å²) in [4.78, 5) is 81.3. The summed E-state index contributed by atoms with van der Waals surface area (Å²) in [6.45, 7) is 54.5. The molecule has 0 aromatic carbocycles. The van der Waals surface area contributed by atoms with Crippen molar-refractivity contribution >= 4 is 92.9 Å². The minimum Gasteiger partial charge on any atom is -0.491 e. The second kappa shape index (κ2) is 54.3. The predicted octanol–water partition coefficient (Wildman–Crippen LogP) is 16.0. The molecule has 114 heavy (non-hydrogen) atoms. The number of unbranched alkanes of at least 4 members (excludes halogenated alkanes) is 2. The van der Waals surface area contributed by atoms with Crippen LogP contribution in [0.15, 0.2) is 37.6 Å². The molecule has 6 fully saturated rings.